The van der Waals surface area contributed by atoms with Crippen molar-refractivity contribution in [2.75, 3.05) is 20.4 Å². The number of fused-ring (bicyclic) bond motifs is 1. The van der Waals surface area contributed by atoms with E-state index in [1.54, 1.807) is 43.4 Å². The first-order valence-corrected chi connectivity index (χ1v) is 7.67. The van der Waals surface area contributed by atoms with Crippen LogP contribution in [0.2, 0.25) is 0 Å². The lowest BCUT2D eigenvalue weighted by atomic mass is 10.1. The SMILES string of the molecule is CNC(=O)c1ccccc1C#CCNC(=O)c1ccc2c(c1)OCO2. The lowest BCUT2D eigenvalue weighted by Gasteiger charge is -2.03. The largest absolute Gasteiger partial charge is 0.454 e. The zero-order chi connectivity index (χ0) is 17.6. The van der Waals surface area contributed by atoms with Crippen LogP contribution in [0, 0.1) is 11.8 Å². The molecule has 0 atom stereocenters. The molecule has 0 spiro atoms. The predicted molar refractivity (Wildman–Crippen MR) is 91.6 cm³/mol. The molecule has 6 nitrogen and oxygen atoms in total. The molecule has 2 aromatic carbocycles. The fourth-order valence-electron chi connectivity index (χ4n) is 2.33. The first kappa shape index (κ1) is 16.4. The van der Waals surface area contributed by atoms with Crippen LogP contribution < -0.4 is 20.1 Å². The molecule has 0 saturated carbocycles. The molecule has 25 heavy (non-hydrogen) atoms. The normalized spacial score (nSPS) is 11.2. The fraction of sp³-hybridized carbons (Fsp3) is 0.158. The fourth-order valence-corrected chi connectivity index (χ4v) is 2.33. The van der Waals surface area contributed by atoms with Gasteiger partial charge in [0.05, 0.1) is 12.1 Å². The van der Waals surface area contributed by atoms with Crippen molar-refractivity contribution in [3.8, 4) is 23.3 Å². The van der Waals surface area contributed by atoms with Crippen LogP contribution in [0.1, 0.15) is 26.3 Å². The second-order valence-electron chi connectivity index (χ2n) is 5.18. The number of hydrogen-bond donors (Lipinski definition) is 2. The van der Waals surface area contributed by atoms with Crippen molar-refractivity contribution in [2.45, 2.75) is 0 Å². The summed E-state index contributed by atoms with van der Waals surface area (Å²) in [7, 11) is 1.57. The van der Waals surface area contributed by atoms with Gasteiger partial charge in [-0.3, -0.25) is 9.59 Å². The van der Waals surface area contributed by atoms with Crippen molar-refractivity contribution in [3.63, 3.8) is 0 Å². The smallest absolute Gasteiger partial charge is 0.252 e. The van der Waals surface area contributed by atoms with Crippen molar-refractivity contribution in [2.24, 2.45) is 0 Å². The Labute approximate surface area is 145 Å². The summed E-state index contributed by atoms with van der Waals surface area (Å²) in [6, 6.07) is 12.0. The van der Waals surface area contributed by atoms with Crippen LogP contribution in [0.4, 0.5) is 0 Å². The second-order valence-corrected chi connectivity index (χ2v) is 5.18. The molecule has 0 bridgehead atoms. The zero-order valence-electron chi connectivity index (χ0n) is 13.6. The summed E-state index contributed by atoms with van der Waals surface area (Å²) in [6.07, 6.45) is 0. The average Bonchev–Trinajstić information content (AvgIpc) is 3.12. The molecule has 3 rings (SSSR count). The van der Waals surface area contributed by atoms with E-state index in [0.717, 1.165) is 0 Å². The van der Waals surface area contributed by atoms with Gasteiger partial charge in [-0.2, -0.15) is 0 Å². The molecular weight excluding hydrogens is 320 g/mol. The van der Waals surface area contributed by atoms with Crippen molar-refractivity contribution in [1.29, 1.82) is 0 Å². The third kappa shape index (κ3) is 3.72. The van der Waals surface area contributed by atoms with Crippen molar-refractivity contribution >= 4 is 11.8 Å². The Morgan fingerprint density at radius 1 is 1.08 bits per heavy atom. The molecule has 0 unspecified atom stereocenters. The van der Waals surface area contributed by atoms with Crippen LogP contribution in [-0.4, -0.2) is 32.2 Å². The van der Waals surface area contributed by atoms with E-state index in [1.807, 2.05) is 6.07 Å². The van der Waals surface area contributed by atoms with E-state index in [4.69, 9.17) is 9.47 Å². The summed E-state index contributed by atoms with van der Waals surface area (Å²) in [4.78, 5) is 23.9. The zero-order valence-corrected chi connectivity index (χ0v) is 13.6. The maximum atomic E-state index is 12.1. The number of rotatable bonds is 3. The van der Waals surface area contributed by atoms with Crippen LogP contribution in [0.15, 0.2) is 42.5 Å². The first-order valence-electron chi connectivity index (χ1n) is 7.67. The molecular formula is C19H16N2O4. The number of ether oxygens (including phenoxy) is 2. The number of amides is 2. The van der Waals surface area contributed by atoms with E-state index in [2.05, 4.69) is 22.5 Å². The number of hydrogen-bond acceptors (Lipinski definition) is 4. The van der Waals surface area contributed by atoms with Crippen LogP contribution >= 0.6 is 0 Å². The highest BCUT2D eigenvalue weighted by Crippen LogP contribution is 2.32. The van der Waals surface area contributed by atoms with E-state index >= 15 is 0 Å². The third-order valence-electron chi connectivity index (χ3n) is 3.59. The van der Waals surface area contributed by atoms with Gasteiger partial charge < -0.3 is 20.1 Å². The van der Waals surface area contributed by atoms with Crippen molar-refractivity contribution in [3.05, 3.63) is 59.2 Å². The lowest BCUT2D eigenvalue weighted by molar-refractivity contribution is 0.0952. The Bertz CT molecular complexity index is 880. The van der Waals surface area contributed by atoms with Crippen LogP contribution in [0.25, 0.3) is 0 Å². The summed E-state index contributed by atoms with van der Waals surface area (Å²) in [5, 5.41) is 5.29. The molecule has 1 aliphatic heterocycles. The van der Waals surface area contributed by atoms with Crippen LogP contribution in [0.3, 0.4) is 0 Å². The van der Waals surface area contributed by atoms with E-state index in [0.29, 0.717) is 28.2 Å². The van der Waals surface area contributed by atoms with Gasteiger partial charge in [-0.25, -0.2) is 0 Å². The highest BCUT2D eigenvalue weighted by molar-refractivity contribution is 5.96. The Hall–Kier alpha value is -3.46. The van der Waals surface area contributed by atoms with Gasteiger partial charge in [0, 0.05) is 18.2 Å². The van der Waals surface area contributed by atoms with E-state index in [9.17, 15) is 9.59 Å². The molecule has 2 aromatic rings. The Kier molecular flexibility index (Phi) is 4.86. The molecule has 0 aromatic heterocycles. The van der Waals surface area contributed by atoms with Crippen molar-refractivity contribution < 1.29 is 19.1 Å². The molecule has 0 radical (unpaired) electrons. The van der Waals surface area contributed by atoms with Crippen LogP contribution in [-0.2, 0) is 0 Å². The maximum Gasteiger partial charge on any atom is 0.252 e. The molecule has 0 fully saturated rings. The van der Waals surface area contributed by atoms with E-state index in [-0.39, 0.29) is 25.2 Å². The Balaban J connectivity index is 1.63. The summed E-state index contributed by atoms with van der Waals surface area (Å²) in [6.45, 7) is 0.325. The second kappa shape index (κ2) is 7.41. The first-order chi connectivity index (χ1) is 12.2. The molecule has 126 valence electrons. The highest BCUT2D eigenvalue weighted by Gasteiger charge is 2.15. The Morgan fingerprint density at radius 2 is 1.88 bits per heavy atom. The van der Waals surface area contributed by atoms with Gasteiger partial charge >= 0.3 is 0 Å². The van der Waals surface area contributed by atoms with E-state index < -0.39 is 0 Å². The molecule has 2 N–H and O–H groups in total. The maximum absolute atomic E-state index is 12.1. The topological polar surface area (TPSA) is 76.7 Å². The summed E-state index contributed by atoms with van der Waals surface area (Å²) < 4.78 is 10.5. The quantitative estimate of drug-likeness (QED) is 0.834. The minimum atomic E-state index is -0.257. The van der Waals surface area contributed by atoms with E-state index in [1.165, 1.54) is 0 Å². The average molecular weight is 336 g/mol. The monoisotopic (exact) mass is 336 g/mol. The summed E-state index contributed by atoms with van der Waals surface area (Å²) in [5.41, 5.74) is 1.58. The third-order valence-corrected chi connectivity index (χ3v) is 3.59. The van der Waals surface area contributed by atoms with Gasteiger partial charge in [-0.15, -0.1) is 0 Å². The summed E-state index contributed by atoms with van der Waals surface area (Å²) >= 11 is 0. The number of carbonyl (C=O) groups is 2. The molecule has 2 amide bonds. The van der Waals surface area contributed by atoms with Gasteiger partial charge in [-0.1, -0.05) is 24.0 Å². The van der Waals surface area contributed by atoms with Gasteiger partial charge in [0.15, 0.2) is 11.5 Å². The van der Waals surface area contributed by atoms with Crippen LogP contribution in [0.5, 0.6) is 11.5 Å². The van der Waals surface area contributed by atoms with Gasteiger partial charge in [0.1, 0.15) is 0 Å². The van der Waals surface area contributed by atoms with Gasteiger partial charge in [0.25, 0.3) is 11.8 Å². The molecule has 0 aliphatic carbocycles. The molecule has 6 heteroatoms. The molecule has 1 heterocycles. The minimum absolute atomic E-state index is 0.162. The number of carbonyl (C=O) groups excluding carboxylic acids is 2. The Morgan fingerprint density at radius 3 is 2.72 bits per heavy atom. The number of nitrogens with one attached hydrogen (secondary N) is 2. The molecule has 0 saturated heterocycles. The van der Waals surface area contributed by atoms with Gasteiger partial charge in [0.2, 0.25) is 6.79 Å². The number of benzene rings is 2. The molecule has 1 aliphatic rings. The standard InChI is InChI=1S/C19H16N2O4/c1-20-19(23)15-7-3-2-5-13(15)6-4-10-21-18(22)14-8-9-16-17(11-14)25-12-24-16/h2-3,5,7-9,11H,10,12H2,1H3,(H,20,23)(H,21,22). The highest BCUT2D eigenvalue weighted by atomic mass is 16.7. The lowest BCUT2D eigenvalue weighted by Crippen LogP contribution is -2.23. The summed E-state index contributed by atoms with van der Waals surface area (Å²) in [5.74, 6) is 6.49. The minimum Gasteiger partial charge on any atom is -0.454 e. The van der Waals surface area contributed by atoms with Gasteiger partial charge in [-0.05, 0) is 30.3 Å². The van der Waals surface area contributed by atoms with Crippen molar-refractivity contribution in [1.82, 2.24) is 10.6 Å². The predicted octanol–water partition coefficient (Wildman–Crippen LogP) is 1.56.